The molecular formula is C13H19F2NS. The van der Waals surface area contributed by atoms with E-state index in [1.807, 2.05) is 18.8 Å². The molecule has 0 bridgehead atoms. The molecule has 17 heavy (non-hydrogen) atoms. The summed E-state index contributed by atoms with van der Waals surface area (Å²) in [6.45, 7) is 2.15. The van der Waals surface area contributed by atoms with Gasteiger partial charge in [-0.25, -0.2) is 8.78 Å². The van der Waals surface area contributed by atoms with Gasteiger partial charge >= 0.3 is 0 Å². The molecule has 1 atom stereocenters. The van der Waals surface area contributed by atoms with Crippen molar-refractivity contribution in [3.05, 3.63) is 35.4 Å². The Hall–Kier alpha value is -0.610. The molecule has 0 aliphatic rings. The van der Waals surface area contributed by atoms with E-state index in [1.165, 1.54) is 12.1 Å². The van der Waals surface area contributed by atoms with Gasteiger partial charge in [0.15, 0.2) is 11.6 Å². The van der Waals surface area contributed by atoms with Crippen LogP contribution < -0.4 is 5.32 Å². The third-order valence-corrected chi connectivity index (χ3v) is 3.88. The molecular weight excluding hydrogens is 240 g/mol. The van der Waals surface area contributed by atoms with Crippen molar-refractivity contribution in [2.45, 2.75) is 25.8 Å². The Balaban J connectivity index is 2.51. The highest BCUT2D eigenvalue weighted by atomic mass is 32.2. The zero-order chi connectivity index (χ0) is 12.7. The van der Waals surface area contributed by atoms with Gasteiger partial charge in [-0.15, -0.1) is 0 Å². The highest BCUT2D eigenvalue weighted by molar-refractivity contribution is 7.99. The van der Waals surface area contributed by atoms with Gasteiger partial charge in [0, 0.05) is 11.8 Å². The maximum Gasteiger partial charge on any atom is 0.159 e. The predicted molar refractivity (Wildman–Crippen MR) is 70.5 cm³/mol. The zero-order valence-corrected chi connectivity index (χ0v) is 11.1. The Kier molecular flexibility index (Phi) is 6.52. The van der Waals surface area contributed by atoms with Crippen molar-refractivity contribution in [1.29, 1.82) is 0 Å². The fraction of sp³-hybridized carbons (Fsp3) is 0.538. The Labute approximate surface area is 106 Å². The number of hydrogen-bond acceptors (Lipinski definition) is 2. The Morgan fingerprint density at radius 1 is 1.29 bits per heavy atom. The topological polar surface area (TPSA) is 12.0 Å². The molecule has 0 radical (unpaired) electrons. The predicted octanol–water partition coefficient (Wildman–Crippen LogP) is 3.24. The van der Waals surface area contributed by atoms with Crippen molar-refractivity contribution in [3.8, 4) is 0 Å². The molecule has 0 saturated heterocycles. The minimum Gasteiger partial charge on any atom is -0.316 e. The van der Waals surface area contributed by atoms with Crippen LogP contribution in [-0.2, 0) is 6.42 Å². The van der Waals surface area contributed by atoms with Crippen LogP contribution in [0, 0.1) is 11.6 Å². The van der Waals surface area contributed by atoms with E-state index in [2.05, 4.69) is 12.2 Å². The molecule has 0 heterocycles. The summed E-state index contributed by atoms with van der Waals surface area (Å²) in [5.41, 5.74) is 0.834. The van der Waals surface area contributed by atoms with Crippen LogP contribution >= 0.6 is 11.8 Å². The molecule has 1 nitrogen and oxygen atoms in total. The number of nitrogens with one attached hydrogen (secondary N) is 1. The average Bonchev–Trinajstić information content (AvgIpc) is 2.32. The van der Waals surface area contributed by atoms with Gasteiger partial charge in [-0.1, -0.05) is 13.0 Å². The van der Waals surface area contributed by atoms with Crippen LogP contribution in [0.1, 0.15) is 18.9 Å². The lowest BCUT2D eigenvalue weighted by molar-refractivity contribution is 0.505. The van der Waals surface area contributed by atoms with Crippen LogP contribution in [0.5, 0.6) is 0 Å². The quantitative estimate of drug-likeness (QED) is 0.754. The van der Waals surface area contributed by atoms with E-state index < -0.39 is 11.6 Å². The Bertz CT molecular complexity index is 344. The summed E-state index contributed by atoms with van der Waals surface area (Å²) < 4.78 is 25.8. The first-order valence-electron chi connectivity index (χ1n) is 5.86. The summed E-state index contributed by atoms with van der Waals surface area (Å²) in [5.74, 6) is 0.577. The molecule has 1 N–H and O–H groups in total. The van der Waals surface area contributed by atoms with E-state index in [0.717, 1.165) is 29.9 Å². The molecule has 96 valence electrons. The number of hydrogen-bond donors (Lipinski definition) is 1. The number of thioether (sulfide) groups is 1. The van der Waals surface area contributed by atoms with Crippen molar-refractivity contribution >= 4 is 11.8 Å². The second kappa shape index (κ2) is 7.67. The fourth-order valence-corrected chi connectivity index (χ4v) is 2.59. The smallest absolute Gasteiger partial charge is 0.159 e. The highest BCUT2D eigenvalue weighted by Crippen LogP contribution is 2.13. The molecule has 0 fully saturated rings. The van der Waals surface area contributed by atoms with Crippen molar-refractivity contribution in [1.82, 2.24) is 5.32 Å². The van der Waals surface area contributed by atoms with Crippen molar-refractivity contribution in [2.24, 2.45) is 0 Å². The number of likely N-dealkylation sites (N-methyl/N-ethyl adjacent to an activating group) is 1. The standard InChI is InChI=1S/C13H19F2NS/c1-3-6-17-9-11(16-2)7-10-4-5-12(14)13(15)8-10/h4-5,8,11,16H,3,6-7,9H2,1-2H3. The minimum atomic E-state index is -0.782. The molecule has 0 aliphatic carbocycles. The van der Waals surface area contributed by atoms with Gasteiger partial charge in [0.2, 0.25) is 0 Å². The van der Waals surface area contributed by atoms with Gasteiger partial charge in [0.25, 0.3) is 0 Å². The van der Waals surface area contributed by atoms with Crippen molar-refractivity contribution in [3.63, 3.8) is 0 Å². The monoisotopic (exact) mass is 259 g/mol. The van der Waals surface area contributed by atoms with E-state index in [9.17, 15) is 8.78 Å². The minimum absolute atomic E-state index is 0.302. The normalized spacial score (nSPS) is 12.7. The third kappa shape index (κ3) is 5.04. The van der Waals surface area contributed by atoms with E-state index in [4.69, 9.17) is 0 Å². The van der Waals surface area contributed by atoms with Crippen molar-refractivity contribution < 1.29 is 8.78 Å². The lowest BCUT2D eigenvalue weighted by Gasteiger charge is -2.15. The van der Waals surface area contributed by atoms with Gasteiger partial charge in [-0.3, -0.25) is 0 Å². The van der Waals surface area contributed by atoms with E-state index in [0.29, 0.717) is 6.04 Å². The van der Waals surface area contributed by atoms with E-state index in [-0.39, 0.29) is 0 Å². The SMILES string of the molecule is CCCSCC(Cc1ccc(F)c(F)c1)NC. The largest absolute Gasteiger partial charge is 0.316 e. The van der Waals surface area contributed by atoms with Crippen LogP contribution in [0.3, 0.4) is 0 Å². The van der Waals surface area contributed by atoms with Crippen molar-refractivity contribution in [2.75, 3.05) is 18.6 Å². The van der Waals surface area contributed by atoms with Gasteiger partial charge in [0.1, 0.15) is 0 Å². The maximum atomic E-state index is 13.0. The molecule has 4 heteroatoms. The van der Waals surface area contributed by atoms with Crippen LogP contribution in [-0.4, -0.2) is 24.6 Å². The summed E-state index contributed by atoms with van der Waals surface area (Å²) in [7, 11) is 1.90. The lowest BCUT2D eigenvalue weighted by Crippen LogP contribution is -2.30. The number of rotatable bonds is 7. The van der Waals surface area contributed by atoms with Gasteiger partial charge in [0.05, 0.1) is 0 Å². The molecule has 1 unspecified atom stereocenters. The summed E-state index contributed by atoms with van der Waals surface area (Å²) in [6, 6.07) is 4.42. The second-order valence-electron chi connectivity index (χ2n) is 4.01. The summed E-state index contributed by atoms with van der Waals surface area (Å²) in [5, 5.41) is 3.21. The zero-order valence-electron chi connectivity index (χ0n) is 10.3. The molecule has 0 aliphatic heterocycles. The lowest BCUT2D eigenvalue weighted by atomic mass is 10.1. The van der Waals surface area contributed by atoms with Crippen LogP contribution in [0.25, 0.3) is 0 Å². The second-order valence-corrected chi connectivity index (χ2v) is 5.16. The van der Waals surface area contributed by atoms with E-state index in [1.54, 1.807) is 6.07 Å². The number of halogens is 2. The molecule has 0 amide bonds. The summed E-state index contributed by atoms with van der Waals surface area (Å²) in [4.78, 5) is 0. The maximum absolute atomic E-state index is 13.0. The van der Waals surface area contributed by atoms with Gasteiger partial charge < -0.3 is 5.32 Å². The highest BCUT2D eigenvalue weighted by Gasteiger charge is 2.09. The fourth-order valence-electron chi connectivity index (χ4n) is 1.57. The first kappa shape index (κ1) is 14.5. The molecule has 0 saturated carbocycles. The molecule has 0 aromatic heterocycles. The third-order valence-electron chi connectivity index (χ3n) is 2.54. The first-order chi connectivity index (χ1) is 8.17. The summed E-state index contributed by atoms with van der Waals surface area (Å²) >= 11 is 1.88. The van der Waals surface area contributed by atoms with Crippen LogP contribution in [0.4, 0.5) is 8.78 Å². The molecule has 1 aromatic carbocycles. The molecule has 1 aromatic rings. The van der Waals surface area contributed by atoms with Gasteiger partial charge in [-0.05, 0) is 43.3 Å². The Morgan fingerprint density at radius 3 is 2.65 bits per heavy atom. The van der Waals surface area contributed by atoms with E-state index >= 15 is 0 Å². The number of benzene rings is 1. The average molecular weight is 259 g/mol. The van der Waals surface area contributed by atoms with Crippen LogP contribution in [0.2, 0.25) is 0 Å². The first-order valence-corrected chi connectivity index (χ1v) is 7.01. The van der Waals surface area contributed by atoms with Crippen LogP contribution in [0.15, 0.2) is 18.2 Å². The molecule has 0 spiro atoms. The summed E-state index contributed by atoms with van der Waals surface area (Å²) in [6.07, 6.45) is 1.89. The Morgan fingerprint density at radius 2 is 2.06 bits per heavy atom. The van der Waals surface area contributed by atoms with Gasteiger partial charge in [-0.2, -0.15) is 11.8 Å². The molecule has 1 rings (SSSR count).